The van der Waals surface area contributed by atoms with Crippen LogP contribution in [0.4, 0.5) is 14.6 Å². The summed E-state index contributed by atoms with van der Waals surface area (Å²) < 4.78 is 33.0. The fourth-order valence-corrected chi connectivity index (χ4v) is 5.15. The quantitative estimate of drug-likeness (QED) is 0.185. The number of hydrogen-bond donors (Lipinski definition) is 2. The third kappa shape index (κ3) is 4.87. The summed E-state index contributed by atoms with van der Waals surface area (Å²) in [5.74, 6) is -3.14. The Hall–Kier alpha value is -3.63. The smallest absolute Gasteiger partial charge is 0.350 e. The van der Waals surface area contributed by atoms with E-state index < -0.39 is 43.0 Å². The number of benzene rings is 2. The van der Waals surface area contributed by atoms with Gasteiger partial charge in [0, 0.05) is 18.2 Å². The fraction of sp³-hybridized carbons (Fsp3) is 0.200. The van der Waals surface area contributed by atoms with Crippen LogP contribution in [-0.2, 0) is 13.0 Å². The van der Waals surface area contributed by atoms with Crippen LogP contribution in [-0.4, -0.2) is 36.0 Å². The molecule has 0 saturated heterocycles. The molecular weight excluding hydrogens is 581 g/mol. The van der Waals surface area contributed by atoms with Crippen LogP contribution in [0.5, 0.6) is 0 Å². The minimum absolute atomic E-state index is 0.239. The van der Waals surface area contributed by atoms with Crippen molar-refractivity contribution in [2.24, 2.45) is 7.05 Å². The molecule has 11 heteroatoms. The van der Waals surface area contributed by atoms with E-state index in [1.807, 2.05) is 6.92 Å². The molecule has 0 spiro atoms. The molecule has 4 aromatic rings. The van der Waals surface area contributed by atoms with Crippen LogP contribution in [0.1, 0.15) is 26.3 Å². The molecule has 0 aliphatic heterocycles. The van der Waals surface area contributed by atoms with Crippen molar-refractivity contribution in [3.8, 4) is 17.3 Å². The van der Waals surface area contributed by atoms with E-state index in [1.165, 1.54) is 29.8 Å². The summed E-state index contributed by atoms with van der Waals surface area (Å²) in [7, 11) is 1.54. The van der Waals surface area contributed by atoms with Crippen LogP contribution >= 0.6 is 20.7 Å². The lowest BCUT2D eigenvalue weighted by atomic mass is 10.0. The summed E-state index contributed by atoms with van der Waals surface area (Å²) >= 11 is -0.839. The number of nitrogens with one attached hydrogen (secondary N) is 1. The molecule has 2 N–H and O–H groups in total. The predicted octanol–water partition coefficient (Wildman–Crippen LogP) is 4.17. The Balaban J connectivity index is 1.82. The minimum Gasteiger partial charge on any atom is -0.390 e. The number of aryl methyl sites for hydroxylation is 2. The van der Waals surface area contributed by atoms with Gasteiger partial charge >= 0.3 is 5.69 Å². The predicted molar refractivity (Wildman–Crippen MR) is 142 cm³/mol. The summed E-state index contributed by atoms with van der Waals surface area (Å²) in [6.45, 7) is 0.559. The lowest BCUT2D eigenvalue weighted by Gasteiger charge is -2.20. The normalized spacial score (nSPS) is 12.3. The molecule has 36 heavy (non-hydrogen) atoms. The van der Waals surface area contributed by atoms with Crippen LogP contribution in [0.15, 0.2) is 53.3 Å². The highest BCUT2D eigenvalue weighted by Crippen LogP contribution is 2.35. The lowest BCUT2D eigenvalue weighted by Crippen LogP contribution is -2.24. The highest BCUT2D eigenvalue weighted by molar-refractivity contribution is 14.2. The van der Waals surface area contributed by atoms with Gasteiger partial charge < -0.3 is 10.4 Å². The van der Waals surface area contributed by atoms with Gasteiger partial charge in [0.25, 0.3) is 5.92 Å². The van der Waals surface area contributed by atoms with E-state index >= 15 is 0 Å². The maximum Gasteiger partial charge on any atom is 0.350 e. The zero-order valence-corrected chi connectivity index (χ0v) is 21.5. The van der Waals surface area contributed by atoms with Gasteiger partial charge in [0.15, 0.2) is 5.65 Å². The molecule has 184 valence electrons. The molecule has 4 rings (SSSR count). The van der Waals surface area contributed by atoms with Crippen molar-refractivity contribution in [1.82, 2.24) is 19.7 Å². The number of aliphatic hydroxyl groups excluding tert-OH is 1. The lowest BCUT2D eigenvalue weighted by molar-refractivity contribution is -0.0556. The minimum atomic E-state index is -3.38. The van der Waals surface area contributed by atoms with Gasteiger partial charge in [0.2, 0.25) is 0 Å². The molecule has 2 heterocycles. The van der Waals surface area contributed by atoms with Crippen molar-refractivity contribution in [3.63, 3.8) is 0 Å². The number of hydrogen-bond acceptors (Lipinski definition) is 7. The molecule has 0 fully saturated rings. The first-order valence-electron chi connectivity index (χ1n) is 10.7. The van der Waals surface area contributed by atoms with Crippen LogP contribution in [0.3, 0.4) is 0 Å². The van der Waals surface area contributed by atoms with Gasteiger partial charge in [-0.2, -0.15) is 19.0 Å². The van der Waals surface area contributed by atoms with E-state index in [1.54, 1.807) is 30.3 Å². The van der Waals surface area contributed by atoms with E-state index in [0.29, 0.717) is 27.9 Å². The second-order valence-electron chi connectivity index (χ2n) is 8.06. The van der Waals surface area contributed by atoms with Crippen molar-refractivity contribution >= 4 is 42.1 Å². The molecule has 0 aliphatic rings. The van der Waals surface area contributed by atoms with Crippen LogP contribution in [0, 0.1) is 18.3 Å². The second-order valence-corrected chi connectivity index (χ2v) is 10.2. The van der Waals surface area contributed by atoms with Gasteiger partial charge in [0.1, 0.15) is 12.4 Å². The Morgan fingerprint density at radius 2 is 2.03 bits per heavy atom. The number of aliphatic hydroxyl groups is 1. The highest BCUT2D eigenvalue weighted by atomic mass is 127. The number of fused-ring (bicyclic) bond motifs is 1. The molecule has 0 saturated carbocycles. The van der Waals surface area contributed by atoms with Gasteiger partial charge in [-0.3, -0.25) is 4.57 Å². The van der Waals surface area contributed by atoms with Crippen molar-refractivity contribution in [2.45, 2.75) is 16.9 Å². The van der Waals surface area contributed by atoms with Gasteiger partial charge in [-0.05, 0) is 42.3 Å². The largest absolute Gasteiger partial charge is 0.390 e. The first kappa shape index (κ1) is 25.5. The van der Waals surface area contributed by atoms with Crippen LogP contribution < -0.4 is 11.0 Å². The molecule has 0 amide bonds. The first-order chi connectivity index (χ1) is 17.2. The second kappa shape index (κ2) is 10.2. The van der Waals surface area contributed by atoms with E-state index in [2.05, 4.69) is 31.1 Å². The molecule has 1 atom stereocenters. The first-order valence-corrected chi connectivity index (χ1v) is 13.4. The summed E-state index contributed by atoms with van der Waals surface area (Å²) in [4.78, 5) is 16.7. The Morgan fingerprint density at radius 1 is 1.25 bits per heavy atom. The standard InChI is InChI=1S/C25H21F2IN6O2/c1-14-9-15(12-29)7-8-18(14)20-11-19-22(31-24(36)34(3)23(19)33-32-20)30-21(28-2)16-5-4-6-17(10-16)25(26,27)13-35/h4-11,21,35H,2,13H2,1,3H3,(H,30,31,36). The summed E-state index contributed by atoms with van der Waals surface area (Å²) in [5.41, 5.74) is 2.63. The maximum absolute atomic E-state index is 14.1. The average molecular weight is 602 g/mol. The molecule has 0 aliphatic carbocycles. The number of nitriles is 1. The number of alkyl halides is 3. The third-order valence-electron chi connectivity index (χ3n) is 5.69. The van der Waals surface area contributed by atoms with E-state index in [-0.39, 0.29) is 11.4 Å². The Morgan fingerprint density at radius 3 is 2.69 bits per heavy atom. The Labute approximate surface area is 215 Å². The van der Waals surface area contributed by atoms with E-state index in [4.69, 9.17) is 10.4 Å². The molecule has 8 nitrogen and oxygen atoms in total. The third-order valence-corrected chi connectivity index (χ3v) is 7.60. The number of halogens is 3. The van der Waals surface area contributed by atoms with Crippen molar-refractivity contribution in [1.29, 1.82) is 5.26 Å². The monoisotopic (exact) mass is 602 g/mol. The van der Waals surface area contributed by atoms with Gasteiger partial charge in [-0.1, -0.05) is 28.8 Å². The number of anilines is 1. The van der Waals surface area contributed by atoms with Gasteiger partial charge in [0.05, 0.1) is 26.8 Å². The number of aromatic nitrogens is 4. The zero-order chi connectivity index (χ0) is 26.0. The summed E-state index contributed by atoms with van der Waals surface area (Å²) in [6, 6.07) is 14.8. The van der Waals surface area contributed by atoms with Crippen LogP contribution in [0.25, 0.3) is 22.3 Å². The Bertz CT molecular complexity index is 1580. The molecule has 2 aromatic carbocycles. The SMILES string of the molecule is C=IC(Nc1nc(=O)n(C)c2nnc(-c3ccc(C#N)cc3C)cc12)c1cccc(C(F)(F)CO)c1. The molecular formula is C25H21F2IN6O2. The number of rotatable bonds is 7. The molecule has 0 bridgehead atoms. The zero-order valence-electron chi connectivity index (χ0n) is 19.3. The summed E-state index contributed by atoms with van der Waals surface area (Å²) in [6.07, 6.45) is 0. The maximum atomic E-state index is 14.1. The Kier molecular flexibility index (Phi) is 7.18. The highest BCUT2D eigenvalue weighted by Gasteiger charge is 2.31. The van der Waals surface area contributed by atoms with Crippen molar-refractivity contribution < 1.29 is 13.9 Å². The fourth-order valence-electron chi connectivity index (χ4n) is 3.74. The molecule has 0 radical (unpaired) electrons. The van der Waals surface area contributed by atoms with E-state index in [0.717, 1.165) is 11.1 Å². The topological polar surface area (TPSA) is 117 Å². The van der Waals surface area contributed by atoms with Gasteiger partial charge in [-0.15, -0.1) is 30.9 Å². The molecule has 2 aromatic heterocycles. The average Bonchev–Trinajstić information content (AvgIpc) is 2.89. The number of nitrogens with zero attached hydrogens (tertiary/aromatic N) is 5. The molecule has 1 unspecified atom stereocenters. The van der Waals surface area contributed by atoms with Crippen molar-refractivity contribution in [2.75, 3.05) is 11.9 Å². The van der Waals surface area contributed by atoms with Gasteiger partial charge in [-0.25, -0.2) is 4.79 Å². The summed E-state index contributed by atoms with van der Waals surface area (Å²) in [5, 5.41) is 30.5. The van der Waals surface area contributed by atoms with E-state index in [9.17, 15) is 13.6 Å². The van der Waals surface area contributed by atoms with Crippen LogP contribution in [0.2, 0.25) is 0 Å². The van der Waals surface area contributed by atoms with Crippen molar-refractivity contribution in [3.05, 3.63) is 81.3 Å².